The van der Waals surface area contributed by atoms with Crippen molar-refractivity contribution in [1.29, 1.82) is 0 Å². The molecule has 1 aliphatic heterocycles. The minimum Gasteiger partial charge on any atom is -0.307 e. The zero-order valence-corrected chi connectivity index (χ0v) is 13.4. The molecule has 0 bridgehead atoms. The van der Waals surface area contributed by atoms with Crippen molar-refractivity contribution in [2.45, 2.75) is 69.4 Å². The van der Waals surface area contributed by atoms with Gasteiger partial charge in [0.15, 0.2) is 0 Å². The Labute approximate surface area is 126 Å². The number of fused-ring (bicyclic) bond motifs is 1. The molecule has 0 aromatic heterocycles. The van der Waals surface area contributed by atoms with Gasteiger partial charge in [0.25, 0.3) is 0 Å². The standard InChI is InChI=1S/C17H26FNS/c1-3-4-5-6-8-13(2)19-16-11-12-20-17-14(16)9-7-10-15(17)18/h7,9-10,13,16,19H,3-6,8,11-12H2,1-2H3. The maximum absolute atomic E-state index is 13.8. The maximum Gasteiger partial charge on any atom is 0.137 e. The molecule has 0 fully saturated rings. The molecular formula is C17H26FNS. The van der Waals surface area contributed by atoms with E-state index in [9.17, 15) is 4.39 Å². The Morgan fingerprint density at radius 3 is 3.00 bits per heavy atom. The van der Waals surface area contributed by atoms with Gasteiger partial charge in [0, 0.05) is 17.0 Å². The van der Waals surface area contributed by atoms with Crippen LogP contribution in [0.15, 0.2) is 23.1 Å². The highest BCUT2D eigenvalue weighted by Gasteiger charge is 2.23. The largest absolute Gasteiger partial charge is 0.307 e. The highest BCUT2D eigenvalue weighted by Crippen LogP contribution is 2.38. The normalized spacial score (nSPS) is 19.6. The van der Waals surface area contributed by atoms with Gasteiger partial charge in [-0.05, 0) is 37.1 Å². The average molecular weight is 295 g/mol. The third-order valence-electron chi connectivity index (χ3n) is 4.00. The number of hydrogen-bond donors (Lipinski definition) is 1. The summed E-state index contributed by atoms with van der Waals surface area (Å²) in [6.07, 6.45) is 7.55. The van der Waals surface area contributed by atoms with Crippen LogP contribution in [0.25, 0.3) is 0 Å². The lowest BCUT2D eigenvalue weighted by Gasteiger charge is -2.29. The van der Waals surface area contributed by atoms with Gasteiger partial charge < -0.3 is 5.32 Å². The van der Waals surface area contributed by atoms with Crippen LogP contribution in [0.2, 0.25) is 0 Å². The van der Waals surface area contributed by atoms with Gasteiger partial charge in [-0.15, -0.1) is 11.8 Å². The number of rotatable bonds is 7. The SMILES string of the molecule is CCCCCCC(C)NC1CCSc2c(F)cccc21. The van der Waals surface area contributed by atoms with Crippen molar-refractivity contribution in [3.8, 4) is 0 Å². The Morgan fingerprint density at radius 1 is 1.35 bits per heavy atom. The van der Waals surface area contributed by atoms with Gasteiger partial charge >= 0.3 is 0 Å². The van der Waals surface area contributed by atoms with E-state index in [0.29, 0.717) is 12.1 Å². The van der Waals surface area contributed by atoms with E-state index < -0.39 is 0 Å². The summed E-state index contributed by atoms with van der Waals surface area (Å²) in [6.45, 7) is 4.50. The molecule has 1 aromatic carbocycles. The summed E-state index contributed by atoms with van der Waals surface area (Å²) in [5.41, 5.74) is 1.15. The Morgan fingerprint density at radius 2 is 2.20 bits per heavy atom. The molecule has 3 heteroatoms. The van der Waals surface area contributed by atoms with Gasteiger partial charge in [0.05, 0.1) is 0 Å². The van der Waals surface area contributed by atoms with E-state index in [0.717, 1.165) is 22.6 Å². The fourth-order valence-corrected chi connectivity index (χ4v) is 4.00. The molecule has 20 heavy (non-hydrogen) atoms. The molecule has 1 aromatic rings. The number of unbranched alkanes of at least 4 members (excludes halogenated alkanes) is 3. The Hall–Kier alpha value is -0.540. The van der Waals surface area contributed by atoms with Gasteiger partial charge in [-0.1, -0.05) is 44.7 Å². The van der Waals surface area contributed by atoms with Crippen LogP contribution in [0.1, 0.15) is 64.0 Å². The second kappa shape index (κ2) is 8.04. The summed E-state index contributed by atoms with van der Waals surface area (Å²) in [5, 5.41) is 3.70. The first-order valence-electron chi connectivity index (χ1n) is 7.89. The Balaban J connectivity index is 1.90. The topological polar surface area (TPSA) is 12.0 Å². The fourth-order valence-electron chi connectivity index (χ4n) is 2.86. The highest BCUT2D eigenvalue weighted by molar-refractivity contribution is 7.99. The van der Waals surface area contributed by atoms with E-state index in [1.165, 1.54) is 32.1 Å². The molecule has 2 rings (SSSR count). The number of hydrogen-bond acceptors (Lipinski definition) is 2. The summed E-state index contributed by atoms with van der Waals surface area (Å²) in [6, 6.07) is 6.31. The predicted octanol–water partition coefficient (Wildman–Crippen LogP) is 5.31. The molecule has 0 spiro atoms. The van der Waals surface area contributed by atoms with Crippen molar-refractivity contribution in [2.75, 3.05) is 5.75 Å². The monoisotopic (exact) mass is 295 g/mol. The van der Waals surface area contributed by atoms with Crippen LogP contribution < -0.4 is 5.32 Å². The lowest BCUT2D eigenvalue weighted by molar-refractivity contribution is 0.406. The summed E-state index contributed by atoms with van der Waals surface area (Å²) in [4.78, 5) is 0.856. The van der Waals surface area contributed by atoms with Crippen molar-refractivity contribution in [3.63, 3.8) is 0 Å². The minimum atomic E-state index is -0.0606. The second-order valence-corrected chi connectivity index (χ2v) is 6.87. The molecular weight excluding hydrogens is 269 g/mol. The van der Waals surface area contributed by atoms with Crippen molar-refractivity contribution in [2.24, 2.45) is 0 Å². The van der Waals surface area contributed by atoms with Gasteiger partial charge in [-0.3, -0.25) is 0 Å². The van der Waals surface area contributed by atoms with E-state index in [4.69, 9.17) is 0 Å². The van der Waals surface area contributed by atoms with Crippen molar-refractivity contribution < 1.29 is 4.39 Å². The van der Waals surface area contributed by atoms with E-state index in [-0.39, 0.29) is 5.82 Å². The number of nitrogens with one attached hydrogen (secondary N) is 1. The maximum atomic E-state index is 13.8. The molecule has 2 atom stereocenters. The number of thioether (sulfide) groups is 1. The molecule has 1 aliphatic rings. The van der Waals surface area contributed by atoms with Crippen LogP contribution >= 0.6 is 11.8 Å². The first kappa shape index (κ1) is 15.8. The first-order chi connectivity index (χ1) is 9.72. The smallest absolute Gasteiger partial charge is 0.137 e. The average Bonchev–Trinajstić information content (AvgIpc) is 2.45. The van der Waals surface area contributed by atoms with E-state index >= 15 is 0 Å². The summed E-state index contributed by atoms with van der Waals surface area (Å²) in [7, 11) is 0. The van der Waals surface area contributed by atoms with E-state index in [1.54, 1.807) is 17.8 Å². The van der Waals surface area contributed by atoms with Gasteiger partial charge in [0.1, 0.15) is 5.82 Å². The third kappa shape index (κ3) is 4.23. The van der Waals surface area contributed by atoms with Crippen LogP contribution in [0, 0.1) is 5.82 Å². The quantitative estimate of drug-likeness (QED) is 0.684. The van der Waals surface area contributed by atoms with Crippen LogP contribution in [0.3, 0.4) is 0 Å². The van der Waals surface area contributed by atoms with E-state index in [2.05, 4.69) is 25.2 Å². The van der Waals surface area contributed by atoms with Gasteiger partial charge in [0.2, 0.25) is 0 Å². The molecule has 0 saturated carbocycles. The fraction of sp³-hybridized carbons (Fsp3) is 0.647. The third-order valence-corrected chi connectivity index (χ3v) is 5.16. The zero-order valence-electron chi connectivity index (χ0n) is 12.6. The lowest BCUT2D eigenvalue weighted by atomic mass is 10.0. The molecule has 0 saturated heterocycles. The number of halogens is 1. The molecule has 1 N–H and O–H groups in total. The zero-order chi connectivity index (χ0) is 14.4. The highest BCUT2D eigenvalue weighted by atomic mass is 32.2. The molecule has 0 amide bonds. The van der Waals surface area contributed by atoms with Crippen LogP contribution in [0.5, 0.6) is 0 Å². The van der Waals surface area contributed by atoms with Crippen LogP contribution in [-0.4, -0.2) is 11.8 Å². The predicted molar refractivity (Wildman–Crippen MR) is 85.8 cm³/mol. The summed E-state index contributed by atoms with van der Waals surface area (Å²) >= 11 is 1.66. The van der Waals surface area contributed by atoms with E-state index in [1.807, 2.05) is 6.07 Å². The van der Waals surface area contributed by atoms with Gasteiger partial charge in [-0.25, -0.2) is 4.39 Å². The second-order valence-electron chi connectivity index (χ2n) is 5.76. The molecule has 2 unspecified atom stereocenters. The molecule has 0 radical (unpaired) electrons. The summed E-state index contributed by atoms with van der Waals surface area (Å²) < 4.78 is 13.8. The molecule has 1 nitrogen and oxygen atoms in total. The number of benzene rings is 1. The Kier molecular flexibility index (Phi) is 6.37. The summed E-state index contributed by atoms with van der Waals surface area (Å²) in [5.74, 6) is 0.948. The first-order valence-corrected chi connectivity index (χ1v) is 8.88. The Bertz CT molecular complexity index is 421. The van der Waals surface area contributed by atoms with Crippen molar-refractivity contribution in [1.82, 2.24) is 5.32 Å². The van der Waals surface area contributed by atoms with Gasteiger partial charge in [-0.2, -0.15) is 0 Å². The molecule has 112 valence electrons. The van der Waals surface area contributed by atoms with Crippen LogP contribution in [0.4, 0.5) is 4.39 Å². The lowest BCUT2D eigenvalue weighted by Crippen LogP contribution is -2.32. The minimum absolute atomic E-state index is 0.0606. The molecule has 1 heterocycles. The molecule has 0 aliphatic carbocycles. The van der Waals surface area contributed by atoms with Crippen LogP contribution in [-0.2, 0) is 0 Å². The van der Waals surface area contributed by atoms with Crippen molar-refractivity contribution in [3.05, 3.63) is 29.6 Å². The van der Waals surface area contributed by atoms with Crippen molar-refractivity contribution >= 4 is 11.8 Å².